The molecule has 1 aromatic carbocycles. The van der Waals surface area contributed by atoms with Gasteiger partial charge in [-0.05, 0) is 50.5 Å². The van der Waals surface area contributed by atoms with Crippen LogP contribution in [0.5, 0.6) is 0 Å². The zero-order valence-corrected chi connectivity index (χ0v) is 19.2. The second-order valence-electron chi connectivity index (χ2n) is 10.2. The number of nitrogens with zero attached hydrogens (tertiary/aromatic N) is 3. The van der Waals surface area contributed by atoms with Gasteiger partial charge >= 0.3 is 5.97 Å². The fourth-order valence-corrected chi connectivity index (χ4v) is 4.42. The van der Waals surface area contributed by atoms with E-state index in [4.69, 9.17) is 9.97 Å². The molecule has 0 aliphatic heterocycles. The minimum absolute atomic E-state index is 0.00138. The van der Waals surface area contributed by atoms with E-state index in [1.54, 1.807) is 12.1 Å². The average molecular weight is 418 g/mol. The summed E-state index contributed by atoms with van der Waals surface area (Å²) >= 11 is 0. The van der Waals surface area contributed by atoms with Crippen molar-refractivity contribution in [2.75, 3.05) is 0 Å². The Morgan fingerprint density at radius 3 is 2.19 bits per heavy atom. The summed E-state index contributed by atoms with van der Waals surface area (Å²) < 4.78 is 2.22. The van der Waals surface area contributed by atoms with E-state index in [0.29, 0.717) is 0 Å². The van der Waals surface area contributed by atoms with Gasteiger partial charge in [0.25, 0.3) is 0 Å². The largest absolute Gasteiger partial charge is 0.478 e. The maximum Gasteiger partial charge on any atom is 0.335 e. The van der Waals surface area contributed by atoms with Crippen LogP contribution in [0.1, 0.15) is 82.2 Å². The van der Waals surface area contributed by atoms with Gasteiger partial charge in [-0.1, -0.05) is 39.8 Å². The molecule has 5 heteroatoms. The van der Waals surface area contributed by atoms with Crippen LogP contribution in [0.25, 0.3) is 22.5 Å². The van der Waals surface area contributed by atoms with Gasteiger partial charge in [-0.25, -0.2) is 9.78 Å². The lowest BCUT2D eigenvalue weighted by Gasteiger charge is -2.39. The molecule has 0 saturated carbocycles. The minimum Gasteiger partial charge on any atom is -0.478 e. The Hall–Kier alpha value is -2.95. The zero-order chi connectivity index (χ0) is 22.6. The lowest BCUT2D eigenvalue weighted by molar-refractivity contribution is 0.0697. The first kappa shape index (κ1) is 21.3. The van der Waals surface area contributed by atoms with Crippen molar-refractivity contribution in [2.24, 2.45) is 0 Å². The van der Waals surface area contributed by atoms with Gasteiger partial charge in [0.1, 0.15) is 5.69 Å². The molecule has 0 unspecified atom stereocenters. The van der Waals surface area contributed by atoms with Gasteiger partial charge in [0, 0.05) is 28.6 Å². The number of carbonyl (C=O) groups is 1. The quantitative estimate of drug-likeness (QED) is 0.545. The molecule has 31 heavy (non-hydrogen) atoms. The number of benzene rings is 1. The van der Waals surface area contributed by atoms with Crippen LogP contribution in [-0.2, 0) is 10.8 Å². The fraction of sp³-hybridized carbons (Fsp3) is 0.423. The Morgan fingerprint density at radius 2 is 1.61 bits per heavy atom. The highest BCUT2D eigenvalue weighted by molar-refractivity contribution is 5.88. The highest BCUT2D eigenvalue weighted by Crippen LogP contribution is 2.44. The van der Waals surface area contributed by atoms with Gasteiger partial charge in [0.05, 0.1) is 28.8 Å². The molecule has 1 aliphatic carbocycles. The van der Waals surface area contributed by atoms with E-state index in [1.165, 1.54) is 0 Å². The summed E-state index contributed by atoms with van der Waals surface area (Å²) in [5.41, 5.74) is 6.47. The molecule has 0 spiro atoms. The molecule has 162 valence electrons. The molecule has 0 fully saturated rings. The highest BCUT2D eigenvalue weighted by Gasteiger charge is 2.39. The van der Waals surface area contributed by atoms with Crippen LogP contribution in [0.15, 0.2) is 42.7 Å². The summed E-state index contributed by atoms with van der Waals surface area (Å²) in [6, 6.07) is 9.40. The molecular weight excluding hydrogens is 386 g/mol. The van der Waals surface area contributed by atoms with E-state index in [0.717, 1.165) is 46.7 Å². The van der Waals surface area contributed by atoms with Crippen LogP contribution in [0.3, 0.4) is 0 Å². The number of hydrogen-bond donors (Lipinski definition) is 1. The third-order valence-electron chi connectivity index (χ3n) is 6.56. The molecule has 3 aromatic rings. The predicted octanol–water partition coefficient (Wildman–Crippen LogP) is 6.24. The minimum atomic E-state index is -0.915. The molecule has 1 N–H and O–H groups in total. The van der Waals surface area contributed by atoms with E-state index < -0.39 is 5.97 Å². The fourth-order valence-electron chi connectivity index (χ4n) is 4.42. The van der Waals surface area contributed by atoms with Crippen LogP contribution in [0.2, 0.25) is 0 Å². The molecule has 0 bridgehead atoms. The summed E-state index contributed by atoms with van der Waals surface area (Å²) in [5.74, 6) is -0.915. The SMILES string of the molecule is CC(C)n1cc(-c2ccc(C(=O)O)cc2)cc1-c1cnc2c(n1)C(C)(C)CCC2(C)C. The van der Waals surface area contributed by atoms with Gasteiger partial charge in [0.15, 0.2) is 0 Å². The van der Waals surface area contributed by atoms with Crippen LogP contribution >= 0.6 is 0 Å². The summed E-state index contributed by atoms with van der Waals surface area (Å²) in [6.07, 6.45) is 6.23. The van der Waals surface area contributed by atoms with Crippen LogP contribution < -0.4 is 0 Å². The number of hydrogen-bond acceptors (Lipinski definition) is 3. The van der Waals surface area contributed by atoms with Gasteiger partial charge < -0.3 is 9.67 Å². The van der Waals surface area contributed by atoms with Crippen molar-refractivity contribution in [3.05, 3.63) is 59.7 Å². The number of rotatable bonds is 4. The van der Waals surface area contributed by atoms with Crippen molar-refractivity contribution < 1.29 is 9.90 Å². The second kappa shape index (κ2) is 7.33. The normalized spacial score (nSPS) is 16.9. The van der Waals surface area contributed by atoms with E-state index in [-0.39, 0.29) is 22.4 Å². The third-order valence-corrected chi connectivity index (χ3v) is 6.56. The molecular formula is C26H31N3O2. The van der Waals surface area contributed by atoms with E-state index in [1.807, 2.05) is 18.3 Å². The predicted molar refractivity (Wildman–Crippen MR) is 124 cm³/mol. The number of aromatic carboxylic acids is 1. The van der Waals surface area contributed by atoms with Crippen LogP contribution in [-0.4, -0.2) is 25.6 Å². The molecule has 0 amide bonds. The van der Waals surface area contributed by atoms with Crippen LogP contribution in [0, 0.1) is 0 Å². The maximum atomic E-state index is 11.2. The first-order valence-corrected chi connectivity index (χ1v) is 10.9. The van der Waals surface area contributed by atoms with Gasteiger partial charge in [-0.3, -0.25) is 4.98 Å². The van der Waals surface area contributed by atoms with Crippen LogP contribution in [0.4, 0.5) is 0 Å². The van der Waals surface area contributed by atoms with Gasteiger partial charge in [-0.2, -0.15) is 0 Å². The van der Waals surface area contributed by atoms with Crippen molar-refractivity contribution in [1.29, 1.82) is 0 Å². The topological polar surface area (TPSA) is 68.0 Å². The molecule has 2 heterocycles. The standard InChI is InChI=1S/C26H31N3O2/c1-16(2)29-15-19(17-7-9-18(10-8-17)24(30)31)13-21(29)20-14-27-22-23(28-20)26(5,6)12-11-25(22,3)4/h7-10,13-16H,11-12H2,1-6H3,(H,30,31). The van der Waals surface area contributed by atoms with Crippen molar-refractivity contribution in [1.82, 2.24) is 14.5 Å². The Bertz CT molecular complexity index is 1140. The van der Waals surface area contributed by atoms with Gasteiger partial charge in [0.2, 0.25) is 0 Å². The second-order valence-corrected chi connectivity index (χ2v) is 10.2. The molecule has 0 atom stereocenters. The average Bonchev–Trinajstić information content (AvgIpc) is 3.17. The molecule has 4 rings (SSSR count). The smallest absolute Gasteiger partial charge is 0.335 e. The monoisotopic (exact) mass is 417 g/mol. The number of carboxylic acid groups (broad SMARTS) is 1. The van der Waals surface area contributed by atoms with Crippen molar-refractivity contribution in [3.8, 4) is 22.5 Å². The van der Waals surface area contributed by atoms with E-state index in [2.05, 4.69) is 58.4 Å². The lowest BCUT2D eigenvalue weighted by Crippen LogP contribution is -2.36. The number of carboxylic acids is 1. The number of fused-ring (bicyclic) bond motifs is 1. The molecule has 5 nitrogen and oxygen atoms in total. The van der Waals surface area contributed by atoms with Gasteiger partial charge in [-0.15, -0.1) is 0 Å². The summed E-state index contributed by atoms with van der Waals surface area (Å²) in [4.78, 5) is 21.3. The molecule has 0 saturated heterocycles. The molecule has 0 radical (unpaired) electrons. The summed E-state index contributed by atoms with van der Waals surface area (Å²) in [6.45, 7) is 13.3. The summed E-state index contributed by atoms with van der Waals surface area (Å²) in [7, 11) is 0. The molecule has 2 aromatic heterocycles. The lowest BCUT2D eigenvalue weighted by atomic mass is 9.67. The van der Waals surface area contributed by atoms with Crippen molar-refractivity contribution in [3.63, 3.8) is 0 Å². The third kappa shape index (κ3) is 3.78. The first-order chi connectivity index (χ1) is 14.5. The first-order valence-electron chi connectivity index (χ1n) is 10.9. The summed E-state index contributed by atoms with van der Waals surface area (Å²) in [5, 5.41) is 9.17. The van der Waals surface area contributed by atoms with Crippen molar-refractivity contribution in [2.45, 2.75) is 71.3 Å². The maximum absolute atomic E-state index is 11.2. The Labute approximate surface area is 184 Å². The highest BCUT2D eigenvalue weighted by atomic mass is 16.4. The Balaban J connectivity index is 1.82. The number of aromatic nitrogens is 3. The zero-order valence-electron chi connectivity index (χ0n) is 19.2. The Morgan fingerprint density at radius 1 is 1.00 bits per heavy atom. The van der Waals surface area contributed by atoms with E-state index in [9.17, 15) is 9.90 Å². The van der Waals surface area contributed by atoms with Crippen molar-refractivity contribution >= 4 is 5.97 Å². The van der Waals surface area contributed by atoms with E-state index >= 15 is 0 Å². The molecule has 1 aliphatic rings. The Kier molecular flexibility index (Phi) is 5.03.